The van der Waals surface area contributed by atoms with Crippen LogP contribution in [0.2, 0.25) is 0 Å². The highest BCUT2D eigenvalue weighted by molar-refractivity contribution is 6.58. The Hall–Kier alpha value is -1.53. The van der Waals surface area contributed by atoms with E-state index in [4.69, 9.17) is 10.0 Å². The zero-order valence-corrected chi connectivity index (χ0v) is 8.30. The number of hydrogen-bond acceptors (Lipinski definition) is 4. The molecule has 6 heteroatoms. The third-order valence-corrected chi connectivity index (χ3v) is 1.71. The van der Waals surface area contributed by atoms with Crippen LogP contribution in [-0.4, -0.2) is 29.9 Å². The van der Waals surface area contributed by atoms with Gasteiger partial charge in [-0.25, -0.2) is 4.79 Å². The molecule has 0 fully saturated rings. The maximum absolute atomic E-state index is 11.0. The van der Waals surface area contributed by atoms with E-state index in [1.807, 2.05) is 0 Å². The minimum absolute atomic E-state index is 0.286. The molecule has 0 aliphatic heterocycles. The van der Waals surface area contributed by atoms with E-state index in [0.29, 0.717) is 11.2 Å². The molecule has 0 bridgehead atoms. The standard InChI is InChI=1S/C9H12BNO4/c1-2-15-9(12)11-8-5-3-4-7(6-8)10(13)14/h3-6,13-14H,2H2,1H3,(H,11,12). The maximum Gasteiger partial charge on any atom is 0.488 e. The van der Waals surface area contributed by atoms with Gasteiger partial charge in [-0.3, -0.25) is 5.32 Å². The number of benzene rings is 1. The van der Waals surface area contributed by atoms with Crippen LogP contribution in [0.4, 0.5) is 10.5 Å². The Balaban J connectivity index is 2.69. The zero-order chi connectivity index (χ0) is 11.3. The number of anilines is 1. The molecule has 1 amide bonds. The van der Waals surface area contributed by atoms with Crippen molar-refractivity contribution < 1.29 is 19.6 Å². The van der Waals surface area contributed by atoms with Gasteiger partial charge >= 0.3 is 13.2 Å². The summed E-state index contributed by atoms with van der Waals surface area (Å²) < 4.78 is 4.67. The van der Waals surface area contributed by atoms with Crippen LogP contribution in [0.3, 0.4) is 0 Å². The van der Waals surface area contributed by atoms with Crippen LogP contribution < -0.4 is 10.8 Å². The van der Waals surface area contributed by atoms with Gasteiger partial charge in [0.15, 0.2) is 0 Å². The molecule has 1 aromatic carbocycles. The summed E-state index contributed by atoms with van der Waals surface area (Å²) in [6.45, 7) is 1.99. The van der Waals surface area contributed by atoms with E-state index in [-0.39, 0.29) is 6.61 Å². The predicted octanol–water partition coefficient (Wildman–Crippen LogP) is -0.0652. The Labute approximate surface area is 87.8 Å². The molecule has 0 unspecified atom stereocenters. The normalized spacial score (nSPS) is 9.53. The molecule has 0 aliphatic carbocycles. The Morgan fingerprint density at radius 3 is 2.87 bits per heavy atom. The monoisotopic (exact) mass is 209 g/mol. The summed E-state index contributed by atoms with van der Waals surface area (Å²) in [5, 5.41) is 20.2. The smallest absolute Gasteiger partial charge is 0.450 e. The highest BCUT2D eigenvalue weighted by Gasteiger charge is 2.11. The van der Waals surface area contributed by atoms with Gasteiger partial charge in [0.2, 0.25) is 0 Å². The molecule has 0 spiro atoms. The molecule has 0 aromatic heterocycles. The molecule has 5 nitrogen and oxygen atoms in total. The van der Waals surface area contributed by atoms with Gasteiger partial charge in [0.1, 0.15) is 0 Å². The second-order valence-corrected chi connectivity index (χ2v) is 2.84. The third kappa shape index (κ3) is 3.61. The van der Waals surface area contributed by atoms with Crippen LogP contribution in [0.25, 0.3) is 0 Å². The number of ether oxygens (including phenoxy) is 1. The molecular formula is C9H12BNO4. The first-order valence-corrected chi connectivity index (χ1v) is 4.53. The number of carbonyl (C=O) groups excluding carboxylic acids is 1. The van der Waals surface area contributed by atoms with Gasteiger partial charge in [-0.1, -0.05) is 12.1 Å². The molecule has 0 heterocycles. The number of hydrogen-bond donors (Lipinski definition) is 3. The number of nitrogens with one attached hydrogen (secondary N) is 1. The lowest BCUT2D eigenvalue weighted by Gasteiger charge is -2.06. The summed E-state index contributed by atoms with van der Waals surface area (Å²) in [4.78, 5) is 11.0. The maximum atomic E-state index is 11.0. The first-order valence-electron chi connectivity index (χ1n) is 4.53. The molecule has 0 saturated carbocycles. The first-order chi connectivity index (χ1) is 7.13. The van der Waals surface area contributed by atoms with Crippen LogP contribution in [0, 0.1) is 0 Å². The highest BCUT2D eigenvalue weighted by Crippen LogP contribution is 2.04. The predicted molar refractivity (Wildman–Crippen MR) is 56.9 cm³/mol. The van der Waals surface area contributed by atoms with Crippen molar-refractivity contribution in [3.8, 4) is 0 Å². The van der Waals surface area contributed by atoms with Gasteiger partial charge in [-0.2, -0.15) is 0 Å². The van der Waals surface area contributed by atoms with Crippen LogP contribution in [0.5, 0.6) is 0 Å². The molecular weight excluding hydrogens is 197 g/mol. The van der Waals surface area contributed by atoms with E-state index in [0.717, 1.165) is 0 Å². The van der Waals surface area contributed by atoms with E-state index < -0.39 is 13.2 Å². The zero-order valence-electron chi connectivity index (χ0n) is 8.30. The summed E-state index contributed by atoms with van der Waals surface area (Å²) in [7, 11) is -1.55. The molecule has 1 rings (SSSR count). The quantitative estimate of drug-likeness (QED) is 0.609. The average molecular weight is 209 g/mol. The topological polar surface area (TPSA) is 78.8 Å². The molecule has 15 heavy (non-hydrogen) atoms. The van der Waals surface area contributed by atoms with Gasteiger partial charge in [0.25, 0.3) is 0 Å². The van der Waals surface area contributed by atoms with Crippen molar-refractivity contribution in [2.75, 3.05) is 11.9 Å². The Kier molecular flexibility index (Phi) is 4.14. The molecule has 1 aromatic rings. The highest BCUT2D eigenvalue weighted by atomic mass is 16.5. The summed E-state index contributed by atoms with van der Waals surface area (Å²) >= 11 is 0. The average Bonchev–Trinajstić information content (AvgIpc) is 2.18. The van der Waals surface area contributed by atoms with Crippen molar-refractivity contribution in [3.63, 3.8) is 0 Å². The molecule has 0 saturated heterocycles. The summed E-state index contributed by atoms with van der Waals surface area (Å²) in [6, 6.07) is 6.24. The first kappa shape index (κ1) is 11.5. The lowest BCUT2D eigenvalue weighted by Crippen LogP contribution is -2.30. The number of carbonyl (C=O) groups is 1. The van der Waals surface area contributed by atoms with Crippen LogP contribution in [0.1, 0.15) is 6.92 Å². The fourth-order valence-electron chi connectivity index (χ4n) is 1.06. The number of amides is 1. The van der Waals surface area contributed by atoms with Gasteiger partial charge < -0.3 is 14.8 Å². The Morgan fingerprint density at radius 2 is 2.27 bits per heavy atom. The number of rotatable bonds is 3. The Bertz CT molecular complexity index is 343. The lowest BCUT2D eigenvalue weighted by molar-refractivity contribution is 0.168. The van der Waals surface area contributed by atoms with Crippen molar-refractivity contribution in [2.45, 2.75) is 6.92 Å². The van der Waals surface area contributed by atoms with Gasteiger partial charge in [0.05, 0.1) is 6.61 Å². The van der Waals surface area contributed by atoms with E-state index >= 15 is 0 Å². The molecule has 3 N–H and O–H groups in total. The van der Waals surface area contributed by atoms with Gasteiger partial charge in [-0.05, 0) is 24.5 Å². The summed E-state index contributed by atoms with van der Waals surface area (Å²) in [6.07, 6.45) is -0.568. The van der Waals surface area contributed by atoms with Crippen LogP contribution >= 0.6 is 0 Å². The largest absolute Gasteiger partial charge is 0.488 e. The van der Waals surface area contributed by atoms with Crippen molar-refractivity contribution in [1.29, 1.82) is 0 Å². The van der Waals surface area contributed by atoms with E-state index in [1.165, 1.54) is 6.07 Å². The third-order valence-electron chi connectivity index (χ3n) is 1.71. The van der Waals surface area contributed by atoms with E-state index in [2.05, 4.69) is 10.1 Å². The lowest BCUT2D eigenvalue weighted by atomic mass is 9.80. The van der Waals surface area contributed by atoms with Crippen molar-refractivity contribution in [1.82, 2.24) is 0 Å². The van der Waals surface area contributed by atoms with Crippen LogP contribution in [-0.2, 0) is 4.74 Å². The van der Waals surface area contributed by atoms with Gasteiger partial charge in [-0.15, -0.1) is 0 Å². The van der Waals surface area contributed by atoms with Crippen molar-refractivity contribution in [2.24, 2.45) is 0 Å². The summed E-state index contributed by atoms with van der Waals surface area (Å²) in [5.74, 6) is 0. The minimum Gasteiger partial charge on any atom is -0.450 e. The van der Waals surface area contributed by atoms with Gasteiger partial charge in [0, 0.05) is 5.69 Å². The summed E-state index contributed by atoms with van der Waals surface area (Å²) in [5.41, 5.74) is 0.767. The fraction of sp³-hybridized carbons (Fsp3) is 0.222. The second kappa shape index (κ2) is 5.38. The SMILES string of the molecule is CCOC(=O)Nc1cccc(B(O)O)c1. The molecule has 0 atom stereocenters. The van der Waals surface area contributed by atoms with Crippen molar-refractivity contribution >= 4 is 24.4 Å². The fourth-order valence-corrected chi connectivity index (χ4v) is 1.06. The van der Waals surface area contributed by atoms with Crippen LogP contribution in [0.15, 0.2) is 24.3 Å². The molecule has 0 radical (unpaired) electrons. The Morgan fingerprint density at radius 1 is 1.53 bits per heavy atom. The molecule has 0 aliphatic rings. The molecule has 80 valence electrons. The second-order valence-electron chi connectivity index (χ2n) is 2.84. The minimum atomic E-state index is -1.55. The van der Waals surface area contributed by atoms with E-state index in [1.54, 1.807) is 25.1 Å². The van der Waals surface area contributed by atoms with E-state index in [9.17, 15) is 4.79 Å². The van der Waals surface area contributed by atoms with Crippen molar-refractivity contribution in [3.05, 3.63) is 24.3 Å².